The third-order valence-corrected chi connectivity index (χ3v) is 14.0. The van der Waals surface area contributed by atoms with E-state index in [9.17, 15) is 0 Å². The molecule has 4 heteroatoms. The van der Waals surface area contributed by atoms with E-state index in [0.717, 1.165) is 100 Å². The standard InChI is InChI=1S/C66H42N2O2/c1-2-14-43(15-3-1)44-28-30-45(31-29-44)46-32-36-49(37-33-46)67(50-38-34-47(35-39-50)52-22-13-23-57-56-20-6-10-26-62(56)69-65(52)57)61-41-40-53(66-64(61)58-21-7-11-27-63(58)70-66)48-16-12-17-51(42-48)68-59-24-8-4-18-54(59)55-19-5-9-25-60(55)68/h1-42H. The van der Waals surface area contributed by atoms with Crippen LogP contribution in [-0.4, -0.2) is 4.57 Å². The molecular formula is C66H42N2O2. The number of anilines is 3. The summed E-state index contributed by atoms with van der Waals surface area (Å²) in [4.78, 5) is 2.37. The van der Waals surface area contributed by atoms with Crippen molar-refractivity contribution < 1.29 is 8.83 Å². The van der Waals surface area contributed by atoms with Crippen LogP contribution in [0.4, 0.5) is 17.1 Å². The summed E-state index contributed by atoms with van der Waals surface area (Å²) in [5.74, 6) is 0. The van der Waals surface area contributed by atoms with Gasteiger partial charge < -0.3 is 18.3 Å². The molecule has 0 spiro atoms. The van der Waals surface area contributed by atoms with E-state index in [-0.39, 0.29) is 0 Å². The molecule has 14 rings (SSSR count). The summed E-state index contributed by atoms with van der Waals surface area (Å²) in [5, 5.41) is 6.82. The van der Waals surface area contributed by atoms with E-state index in [1.807, 2.05) is 12.1 Å². The van der Waals surface area contributed by atoms with Gasteiger partial charge in [0.2, 0.25) is 0 Å². The number of hydrogen-bond acceptors (Lipinski definition) is 3. The first kappa shape index (κ1) is 39.8. The van der Waals surface area contributed by atoms with Crippen LogP contribution >= 0.6 is 0 Å². The number of furan rings is 2. The third-order valence-electron chi connectivity index (χ3n) is 14.0. The first-order valence-electron chi connectivity index (χ1n) is 23.8. The minimum absolute atomic E-state index is 0.839. The Morgan fingerprint density at radius 2 is 0.771 bits per heavy atom. The zero-order chi connectivity index (χ0) is 46.1. The van der Waals surface area contributed by atoms with Gasteiger partial charge in [-0.2, -0.15) is 0 Å². The highest BCUT2D eigenvalue weighted by Crippen LogP contribution is 2.47. The van der Waals surface area contributed by atoms with Crippen LogP contribution in [0.3, 0.4) is 0 Å². The van der Waals surface area contributed by atoms with Crippen LogP contribution in [0, 0.1) is 0 Å². The summed E-state index contributed by atoms with van der Waals surface area (Å²) in [7, 11) is 0. The predicted molar refractivity (Wildman–Crippen MR) is 292 cm³/mol. The van der Waals surface area contributed by atoms with Crippen molar-refractivity contribution in [2.75, 3.05) is 4.90 Å². The van der Waals surface area contributed by atoms with Crippen LogP contribution in [0.25, 0.3) is 116 Å². The largest absolute Gasteiger partial charge is 0.455 e. The normalized spacial score (nSPS) is 11.7. The second-order valence-electron chi connectivity index (χ2n) is 18.0. The summed E-state index contributed by atoms with van der Waals surface area (Å²) in [5.41, 5.74) is 19.0. The maximum Gasteiger partial charge on any atom is 0.145 e. The van der Waals surface area contributed by atoms with Crippen molar-refractivity contribution in [3.05, 3.63) is 255 Å². The van der Waals surface area contributed by atoms with Crippen LogP contribution in [0.2, 0.25) is 0 Å². The predicted octanol–water partition coefficient (Wildman–Crippen LogP) is 18.7. The zero-order valence-electron chi connectivity index (χ0n) is 38.0. The van der Waals surface area contributed by atoms with Gasteiger partial charge in [0.15, 0.2) is 0 Å². The Bertz CT molecular complexity index is 4220. The summed E-state index contributed by atoms with van der Waals surface area (Å²) in [6, 6.07) is 91.0. The molecule has 14 aromatic rings. The van der Waals surface area contributed by atoms with Crippen molar-refractivity contribution in [1.29, 1.82) is 0 Å². The Balaban J connectivity index is 0.924. The number of aromatic nitrogens is 1. The van der Waals surface area contributed by atoms with Gasteiger partial charge in [0.05, 0.1) is 22.1 Å². The summed E-state index contributed by atoms with van der Waals surface area (Å²) in [6.45, 7) is 0. The van der Waals surface area contributed by atoms with Crippen molar-refractivity contribution in [2.45, 2.75) is 0 Å². The maximum absolute atomic E-state index is 6.99. The number of rotatable bonds is 8. The minimum atomic E-state index is 0.839. The smallest absolute Gasteiger partial charge is 0.145 e. The Kier molecular flexibility index (Phi) is 9.17. The van der Waals surface area contributed by atoms with Crippen molar-refractivity contribution in [2.24, 2.45) is 0 Å². The molecule has 11 aromatic carbocycles. The lowest BCUT2D eigenvalue weighted by atomic mass is 9.98. The summed E-state index contributed by atoms with van der Waals surface area (Å²) in [6.07, 6.45) is 0. The Labute approximate surface area is 404 Å². The van der Waals surface area contributed by atoms with Gasteiger partial charge in [0.1, 0.15) is 22.3 Å². The highest BCUT2D eigenvalue weighted by Gasteiger charge is 2.23. The lowest BCUT2D eigenvalue weighted by molar-refractivity contribution is 0.669. The molecule has 3 heterocycles. The number of nitrogens with zero attached hydrogens (tertiary/aromatic N) is 2. The fourth-order valence-electron chi connectivity index (χ4n) is 10.7. The molecule has 0 N–H and O–H groups in total. The zero-order valence-corrected chi connectivity index (χ0v) is 38.0. The van der Waals surface area contributed by atoms with Gasteiger partial charge in [0.25, 0.3) is 0 Å². The Hall–Kier alpha value is -9.38. The minimum Gasteiger partial charge on any atom is -0.455 e. The molecule has 0 saturated heterocycles. The maximum atomic E-state index is 6.99. The van der Waals surface area contributed by atoms with Crippen molar-refractivity contribution in [1.82, 2.24) is 4.57 Å². The molecular weight excluding hydrogens is 853 g/mol. The molecule has 0 atom stereocenters. The topological polar surface area (TPSA) is 34.5 Å². The van der Waals surface area contributed by atoms with Gasteiger partial charge in [-0.3, -0.25) is 0 Å². The van der Waals surface area contributed by atoms with Crippen LogP contribution < -0.4 is 4.90 Å². The number of benzene rings is 11. The lowest BCUT2D eigenvalue weighted by Crippen LogP contribution is -2.10. The van der Waals surface area contributed by atoms with Crippen LogP contribution in [0.15, 0.2) is 264 Å². The molecule has 0 unspecified atom stereocenters. The molecule has 0 aliphatic carbocycles. The molecule has 0 aliphatic rings. The van der Waals surface area contributed by atoms with Crippen molar-refractivity contribution in [3.63, 3.8) is 0 Å². The van der Waals surface area contributed by atoms with Gasteiger partial charge in [-0.25, -0.2) is 0 Å². The lowest BCUT2D eigenvalue weighted by Gasteiger charge is -2.27. The molecule has 0 saturated carbocycles. The fraction of sp³-hybridized carbons (Fsp3) is 0. The highest BCUT2D eigenvalue weighted by molar-refractivity contribution is 6.17. The second-order valence-corrected chi connectivity index (χ2v) is 18.0. The number of para-hydroxylation sites is 5. The van der Waals surface area contributed by atoms with E-state index in [4.69, 9.17) is 8.83 Å². The van der Waals surface area contributed by atoms with Gasteiger partial charge in [-0.05, 0) is 106 Å². The molecule has 0 radical (unpaired) electrons. The number of fused-ring (bicyclic) bond motifs is 9. The van der Waals surface area contributed by atoms with E-state index >= 15 is 0 Å². The molecule has 4 nitrogen and oxygen atoms in total. The van der Waals surface area contributed by atoms with Gasteiger partial charge in [-0.1, -0.05) is 182 Å². The van der Waals surface area contributed by atoms with Crippen LogP contribution in [0.1, 0.15) is 0 Å². The number of hydrogen-bond donors (Lipinski definition) is 0. The van der Waals surface area contributed by atoms with Crippen molar-refractivity contribution >= 4 is 82.7 Å². The van der Waals surface area contributed by atoms with Gasteiger partial charge in [0, 0.05) is 55.1 Å². The molecule has 3 aromatic heterocycles. The van der Waals surface area contributed by atoms with Gasteiger partial charge >= 0.3 is 0 Å². The average molecular weight is 895 g/mol. The first-order chi connectivity index (χ1) is 34.7. The Morgan fingerprint density at radius 1 is 0.300 bits per heavy atom. The SMILES string of the molecule is c1ccc(-c2ccc(-c3ccc(N(c4ccc(-c5cccc6c5oc5ccccc56)cc4)c4ccc(-c5cccc(-n6c7ccccc7c7ccccc76)c5)c5oc6ccccc6c45)cc3)cc2)cc1. The first-order valence-corrected chi connectivity index (χ1v) is 23.8. The summed E-state index contributed by atoms with van der Waals surface area (Å²) >= 11 is 0. The molecule has 0 fully saturated rings. The second kappa shape index (κ2) is 16.2. The van der Waals surface area contributed by atoms with E-state index in [2.05, 4.69) is 252 Å². The average Bonchev–Trinajstić information content (AvgIpc) is 4.12. The third kappa shape index (κ3) is 6.46. The van der Waals surface area contributed by atoms with E-state index in [1.165, 1.54) is 32.9 Å². The molecule has 328 valence electrons. The van der Waals surface area contributed by atoms with Crippen molar-refractivity contribution in [3.8, 4) is 50.2 Å². The molecule has 70 heavy (non-hydrogen) atoms. The van der Waals surface area contributed by atoms with Crippen LogP contribution in [-0.2, 0) is 0 Å². The monoisotopic (exact) mass is 894 g/mol. The summed E-state index contributed by atoms with van der Waals surface area (Å²) < 4.78 is 15.9. The van der Waals surface area contributed by atoms with Crippen LogP contribution in [0.5, 0.6) is 0 Å². The Morgan fingerprint density at radius 3 is 1.44 bits per heavy atom. The van der Waals surface area contributed by atoms with E-state index in [1.54, 1.807) is 0 Å². The van der Waals surface area contributed by atoms with Gasteiger partial charge in [-0.15, -0.1) is 0 Å². The quantitative estimate of drug-likeness (QED) is 0.152. The van der Waals surface area contributed by atoms with E-state index in [0.29, 0.717) is 0 Å². The fourth-order valence-corrected chi connectivity index (χ4v) is 10.7. The molecule has 0 bridgehead atoms. The highest BCUT2D eigenvalue weighted by atomic mass is 16.3. The molecule has 0 amide bonds. The molecule has 0 aliphatic heterocycles. The van der Waals surface area contributed by atoms with E-state index < -0.39 is 0 Å².